The fourth-order valence-corrected chi connectivity index (χ4v) is 8.71. The topological polar surface area (TPSA) is 13.0 Å². The van der Waals surface area contributed by atoms with E-state index in [-0.39, 0.29) is 0 Å². The highest BCUT2D eigenvalue weighted by Gasteiger charge is 2.45. The summed E-state index contributed by atoms with van der Waals surface area (Å²) in [7, 11) is 0. The number of benzene rings is 6. The van der Waals surface area contributed by atoms with E-state index in [1.165, 1.54) is 89.5 Å². The first-order valence-electron chi connectivity index (χ1n) is 19.2. The molecule has 8 rings (SSSR count). The Morgan fingerprint density at radius 1 is 0.222 bits per heavy atom. The predicted molar refractivity (Wildman–Crippen MR) is 231 cm³/mol. The van der Waals surface area contributed by atoms with Gasteiger partial charge in [-0.15, -0.1) is 0 Å². The summed E-state index contributed by atoms with van der Waals surface area (Å²) < 4.78 is 0. The van der Waals surface area contributed by atoms with E-state index in [0.29, 0.717) is 0 Å². The van der Waals surface area contributed by atoms with Crippen molar-refractivity contribution in [2.75, 3.05) is 19.6 Å². The SMILES string of the molecule is Cc1cc(C)cc(N2C(=C3N(c4cc(C)cc(C)c4)c4cc(C)c(C)cc4N3c3cc(C)cc(C)c3)N(c3cc(C)cc(C)c3)c3cc(C)c(C)cc32)c1. The molecule has 2 heterocycles. The van der Waals surface area contributed by atoms with Crippen LogP contribution in [0.25, 0.3) is 0 Å². The first-order chi connectivity index (χ1) is 25.7. The summed E-state index contributed by atoms with van der Waals surface area (Å²) >= 11 is 0. The van der Waals surface area contributed by atoms with Crippen molar-refractivity contribution in [1.82, 2.24) is 0 Å². The van der Waals surface area contributed by atoms with Crippen molar-refractivity contribution >= 4 is 45.5 Å². The van der Waals surface area contributed by atoms with E-state index in [2.05, 4.69) is 200 Å². The molecule has 0 saturated heterocycles. The van der Waals surface area contributed by atoms with Gasteiger partial charge in [-0.2, -0.15) is 0 Å². The quantitative estimate of drug-likeness (QED) is 0.181. The fourth-order valence-electron chi connectivity index (χ4n) is 8.71. The molecule has 0 unspecified atom stereocenters. The molecule has 0 N–H and O–H groups in total. The van der Waals surface area contributed by atoms with Crippen molar-refractivity contribution in [3.05, 3.63) is 175 Å². The first-order valence-corrected chi connectivity index (χ1v) is 19.2. The van der Waals surface area contributed by atoms with Crippen molar-refractivity contribution in [2.24, 2.45) is 0 Å². The van der Waals surface area contributed by atoms with Crippen LogP contribution in [-0.2, 0) is 0 Å². The molecule has 2 aliphatic rings. The Labute approximate surface area is 322 Å². The zero-order chi connectivity index (χ0) is 38.3. The molecule has 4 nitrogen and oxygen atoms in total. The van der Waals surface area contributed by atoms with Gasteiger partial charge in [0.15, 0.2) is 11.6 Å². The fraction of sp³-hybridized carbons (Fsp3) is 0.240. The van der Waals surface area contributed by atoms with E-state index in [4.69, 9.17) is 0 Å². The van der Waals surface area contributed by atoms with Gasteiger partial charge in [0.05, 0.1) is 22.7 Å². The van der Waals surface area contributed by atoms with Gasteiger partial charge in [0.25, 0.3) is 0 Å². The van der Waals surface area contributed by atoms with Crippen LogP contribution in [0.4, 0.5) is 45.5 Å². The van der Waals surface area contributed by atoms with Crippen LogP contribution in [0.3, 0.4) is 0 Å². The molecule has 0 bridgehead atoms. The summed E-state index contributed by atoms with van der Waals surface area (Å²) in [5, 5.41) is 0. The first kappa shape index (κ1) is 35.3. The Balaban J connectivity index is 1.61. The van der Waals surface area contributed by atoms with Gasteiger partial charge >= 0.3 is 0 Å². The lowest BCUT2D eigenvalue weighted by atomic mass is 10.1. The van der Waals surface area contributed by atoms with Crippen molar-refractivity contribution in [3.8, 4) is 0 Å². The van der Waals surface area contributed by atoms with Crippen LogP contribution >= 0.6 is 0 Å². The monoisotopic (exact) mass is 708 g/mol. The minimum absolute atomic E-state index is 1.09. The summed E-state index contributed by atoms with van der Waals surface area (Å²) in [6.45, 7) is 26.6. The summed E-state index contributed by atoms with van der Waals surface area (Å²) in [6.07, 6.45) is 0. The molecule has 0 aliphatic carbocycles. The standard InChI is InChI=1S/C50H52N4/c1-29-13-30(2)18-41(17-29)51-45-25-37(9)38(10)26-46(45)52(42-19-31(3)14-32(4)20-42)49(51)50-53(43-21-33(5)15-34(6)22-43)47-27-39(11)40(12)28-48(47)54(50)44-23-35(7)16-36(8)24-44/h13-28H,1-12H3. The Morgan fingerprint density at radius 3 is 0.556 bits per heavy atom. The van der Waals surface area contributed by atoms with Gasteiger partial charge in [0.2, 0.25) is 0 Å². The minimum atomic E-state index is 1.09. The van der Waals surface area contributed by atoms with Crippen molar-refractivity contribution in [3.63, 3.8) is 0 Å². The Hall–Kier alpha value is -5.74. The third-order valence-electron chi connectivity index (χ3n) is 11.1. The number of hydrogen-bond donors (Lipinski definition) is 0. The van der Waals surface area contributed by atoms with Crippen LogP contribution in [0.15, 0.2) is 109 Å². The number of aryl methyl sites for hydroxylation is 12. The maximum absolute atomic E-state index is 2.53. The van der Waals surface area contributed by atoms with E-state index in [0.717, 1.165) is 34.4 Å². The van der Waals surface area contributed by atoms with E-state index in [1.807, 2.05) is 0 Å². The highest BCUT2D eigenvalue weighted by atomic mass is 15.5. The minimum Gasteiger partial charge on any atom is -0.291 e. The molecule has 0 atom stereocenters. The van der Waals surface area contributed by atoms with E-state index < -0.39 is 0 Å². The average molecular weight is 709 g/mol. The lowest BCUT2D eigenvalue weighted by Gasteiger charge is -2.35. The maximum Gasteiger partial charge on any atom is 0.166 e. The van der Waals surface area contributed by atoms with E-state index in [1.54, 1.807) is 0 Å². The summed E-state index contributed by atoms with van der Waals surface area (Å²) in [4.78, 5) is 10.1. The molecule has 0 fully saturated rings. The van der Waals surface area contributed by atoms with Gasteiger partial charge < -0.3 is 0 Å². The molecule has 0 radical (unpaired) electrons. The Bertz CT molecular complexity index is 2120. The lowest BCUT2D eigenvalue weighted by molar-refractivity contribution is 1.00. The number of nitrogens with zero attached hydrogens (tertiary/aromatic N) is 4. The highest BCUT2D eigenvalue weighted by molar-refractivity contribution is 6.01. The molecule has 0 amide bonds. The van der Waals surface area contributed by atoms with Gasteiger partial charge in [-0.25, -0.2) is 0 Å². The van der Waals surface area contributed by atoms with Crippen molar-refractivity contribution < 1.29 is 0 Å². The second-order valence-electron chi connectivity index (χ2n) is 16.2. The van der Waals surface area contributed by atoms with Crippen LogP contribution in [0, 0.1) is 83.1 Å². The number of rotatable bonds is 4. The molecule has 0 spiro atoms. The second kappa shape index (κ2) is 13.0. The van der Waals surface area contributed by atoms with Crippen LogP contribution < -0.4 is 19.6 Å². The van der Waals surface area contributed by atoms with Crippen LogP contribution in [0.5, 0.6) is 0 Å². The molecule has 4 heteroatoms. The Kier molecular flexibility index (Phi) is 8.49. The van der Waals surface area contributed by atoms with Gasteiger partial charge in [-0.3, -0.25) is 19.6 Å². The lowest BCUT2D eigenvalue weighted by Crippen LogP contribution is -2.33. The zero-order valence-electron chi connectivity index (χ0n) is 34.0. The average Bonchev–Trinajstić information content (AvgIpc) is 3.55. The maximum atomic E-state index is 2.53. The van der Waals surface area contributed by atoms with Crippen LogP contribution in [-0.4, -0.2) is 0 Å². The van der Waals surface area contributed by atoms with Crippen LogP contribution in [0.2, 0.25) is 0 Å². The third-order valence-corrected chi connectivity index (χ3v) is 11.1. The molecule has 0 aromatic heterocycles. The van der Waals surface area contributed by atoms with Crippen molar-refractivity contribution in [2.45, 2.75) is 83.1 Å². The third kappa shape index (κ3) is 5.94. The molecule has 2 aliphatic heterocycles. The van der Waals surface area contributed by atoms with Gasteiger partial charge in [-0.1, -0.05) is 24.3 Å². The molecule has 54 heavy (non-hydrogen) atoms. The van der Waals surface area contributed by atoms with E-state index in [9.17, 15) is 0 Å². The summed E-state index contributed by atoms with van der Waals surface area (Å²) in [5.74, 6) is 2.18. The van der Waals surface area contributed by atoms with Gasteiger partial charge in [0, 0.05) is 22.7 Å². The zero-order valence-corrected chi connectivity index (χ0v) is 34.0. The number of anilines is 8. The van der Waals surface area contributed by atoms with Gasteiger partial charge in [0.1, 0.15) is 0 Å². The van der Waals surface area contributed by atoms with Gasteiger partial charge in [-0.05, 0) is 223 Å². The smallest absolute Gasteiger partial charge is 0.166 e. The number of fused-ring (bicyclic) bond motifs is 2. The predicted octanol–water partition coefficient (Wildman–Crippen LogP) is 13.8. The number of hydrogen-bond acceptors (Lipinski definition) is 4. The van der Waals surface area contributed by atoms with Crippen LogP contribution in [0.1, 0.15) is 66.8 Å². The highest BCUT2D eigenvalue weighted by Crippen LogP contribution is 2.58. The molecular weight excluding hydrogens is 657 g/mol. The second-order valence-corrected chi connectivity index (χ2v) is 16.2. The molecule has 6 aromatic rings. The van der Waals surface area contributed by atoms with Crippen molar-refractivity contribution in [1.29, 1.82) is 0 Å². The molecule has 6 aromatic carbocycles. The molecule has 272 valence electrons. The molecular formula is C50H52N4. The molecule has 0 saturated carbocycles. The summed E-state index contributed by atoms with van der Waals surface area (Å²) in [5.41, 5.74) is 24.3. The normalized spacial score (nSPS) is 13.7. The Morgan fingerprint density at radius 2 is 0.389 bits per heavy atom. The largest absolute Gasteiger partial charge is 0.291 e. The van der Waals surface area contributed by atoms with E-state index >= 15 is 0 Å². The summed E-state index contributed by atoms with van der Waals surface area (Å²) in [6, 6.07) is 37.4.